The number of hydrogen-bond donors (Lipinski definition) is 2. The molecule has 1 saturated heterocycles. The van der Waals surface area contributed by atoms with Gasteiger partial charge in [-0.15, -0.1) is 4.91 Å². The van der Waals surface area contributed by atoms with E-state index in [1.54, 1.807) is 0 Å². The Morgan fingerprint density at radius 1 is 1.27 bits per heavy atom. The lowest BCUT2D eigenvalue weighted by molar-refractivity contribution is -0.128. The molecule has 3 amide bonds. The molecule has 2 atom stereocenters. The minimum atomic E-state index is -1.06. The molecule has 7 nitrogen and oxygen atoms in total. The SMILES string of the molecule is NC(=O)CCC(NC(=O)CCCCC1CCSS1)C(=O)N=O. The van der Waals surface area contributed by atoms with Crippen LogP contribution in [0.25, 0.3) is 0 Å². The van der Waals surface area contributed by atoms with Crippen LogP contribution in [0.5, 0.6) is 0 Å². The molecule has 0 bridgehead atoms. The maximum absolute atomic E-state index is 11.8. The second-order valence-electron chi connectivity index (χ2n) is 5.13. The lowest BCUT2D eigenvalue weighted by Crippen LogP contribution is -2.40. The summed E-state index contributed by atoms with van der Waals surface area (Å²) in [5.41, 5.74) is 5.00. The van der Waals surface area contributed by atoms with Gasteiger partial charge in [0.2, 0.25) is 11.8 Å². The monoisotopic (exact) mass is 347 g/mol. The van der Waals surface area contributed by atoms with Crippen LogP contribution in [0.15, 0.2) is 5.18 Å². The van der Waals surface area contributed by atoms with Crippen LogP contribution >= 0.6 is 21.6 Å². The molecule has 1 rings (SSSR count). The van der Waals surface area contributed by atoms with Crippen molar-refractivity contribution in [1.82, 2.24) is 5.32 Å². The molecular weight excluding hydrogens is 326 g/mol. The predicted octanol–water partition coefficient (Wildman–Crippen LogP) is 1.74. The van der Waals surface area contributed by atoms with E-state index < -0.39 is 17.9 Å². The fourth-order valence-electron chi connectivity index (χ4n) is 2.10. The first-order valence-electron chi connectivity index (χ1n) is 7.26. The van der Waals surface area contributed by atoms with Gasteiger partial charge in [-0.05, 0) is 25.7 Å². The molecular formula is C13H21N3O4S2. The Labute approximate surface area is 137 Å². The molecule has 9 heteroatoms. The van der Waals surface area contributed by atoms with Gasteiger partial charge in [0.15, 0.2) is 0 Å². The highest BCUT2D eigenvalue weighted by Crippen LogP contribution is 2.39. The van der Waals surface area contributed by atoms with E-state index in [0.29, 0.717) is 11.7 Å². The van der Waals surface area contributed by atoms with E-state index >= 15 is 0 Å². The number of carbonyl (C=O) groups excluding carboxylic acids is 3. The third-order valence-electron chi connectivity index (χ3n) is 3.31. The molecule has 1 fully saturated rings. The van der Waals surface area contributed by atoms with Crippen molar-refractivity contribution in [2.75, 3.05) is 5.75 Å². The first-order valence-corrected chi connectivity index (χ1v) is 9.64. The van der Waals surface area contributed by atoms with Crippen molar-refractivity contribution in [2.24, 2.45) is 10.9 Å². The zero-order chi connectivity index (χ0) is 16.4. The average molecular weight is 347 g/mol. The number of nitrogens with one attached hydrogen (secondary N) is 1. The molecule has 1 heterocycles. The van der Waals surface area contributed by atoms with Gasteiger partial charge in [-0.25, -0.2) is 0 Å². The van der Waals surface area contributed by atoms with Gasteiger partial charge in [0.05, 0.1) is 0 Å². The van der Waals surface area contributed by atoms with E-state index in [1.165, 1.54) is 12.2 Å². The van der Waals surface area contributed by atoms with E-state index in [9.17, 15) is 19.3 Å². The molecule has 0 aliphatic carbocycles. The second-order valence-corrected chi connectivity index (χ2v) is 7.92. The summed E-state index contributed by atoms with van der Waals surface area (Å²) in [6, 6.07) is -1.06. The summed E-state index contributed by atoms with van der Waals surface area (Å²) in [6.07, 6.45) is 4.21. The zero-order valence-corrected chi connectivity index (χ0v) is 13.9. The van der Waals surface area contributed by atoms with E-state index in [-0.39, 0.29) is 18.7 Å². The summed E-state index contributed by atoms with van der Waals surface area (Å²) in [4.78, 5) is 44.1. The molecule has 2 unspecified atom stereocenters. The highest BCUT2D eigenvalue weighted by molar-refractivity contribution is 8.77. The molecule has 3 N–H and O–H groups in total. The fourth-order valence-corrected chi connectivity index (χ4v) is 5.12. The quantitative estimate of drug-likeness (QED) is 0.353. The van der Waals surface area contributed by atoms with Crippen LogP contribution in [0, 0.1) is 4.91 Å². The fraction of sp³-hybridized carbons (Fsp3) is 0.769. The number of rotatable bonds is 10. The van der Waals surface area contributed by atoms with Crippen molar-refractivity contribution in [3.05, 3.63) is 4.91 Å². The van der Waals surface area contributed by atoms with Crippen molar-refractivity contribution in [3.63, 3.8) is 0 Å². The topological polar surface area (TPSA) is 119 Å². The number of amides is 3. The minimum absolute atomic E-state index is 0.00157. The van der Waals surface area contributed by atoms with Crippen LogP contribution < -0.4 is 11.1 Å². The Kier molecular flexibility index (Phi) is 9.14. The number of carbonyl (C=O) groups is 3. The maximum atomic E-state index is 11.8. The van der Waals surface area contributed by atoms with Crippen molar-refractivity contribution in [3.8, 4) is 0 Å². The number of nitroso groups, excluding NO2 is 1. The van der Waals surface area contributed by atoms with Crippen molar-refractivity contribution in [1.29, 1.82) is 0 Å². The molecule has 0 aromatic carbocycles. The lowest BCUT2D eigenvalue weighted by Gasteiger charge is -2.13. The molecule has 0 aromatic heterocycles. The highest BCUT2D eigenvalue weighted by atomic mass is 33.1. The van der Waals surface area contributed by atoms with E-state index in [4.69, 9.17) is 5.73 Å². The number of hydrogen-bond acceptors (Lipinski definition) is 6. The van der Waals surface area contributed by atoms with Crippen molar-refractivity contribution < 1.29 is 14.4 Å². The van der Waals surface area contributed by atoms with Crippen LogP contribution in [0.3, 0.4) is 0 Å². The summed E-state index contributed by atoms with van der Waals surface area (Å²) in [7, 11) is 3.80. The van der Waals surface area contributed by atoms with Crippen molar-refractivity contribution in [2.45, 2.75) is 56.2 Å². The highest BCUT2D eigenvalue weighted by Gasteiger charge is 2.22. The van der Waals surface area contributed by atoms with E-state index in [0.717, 1.165) is 19.3 Å². The van der Waals surface area contributed by atoms with E-state index in [1.807, 2.05) is 21.6 Å². The zero-order valence-electron chi connectivity index (χ0n) is 12.3. The molecule has 0 spiro atoms. The molecule has 124 valence electrons. The average Bonchev–Trinajstić information content (AvgIpc) is 3.00. The van der Waals surface area contributed by atoms with Crippen LogP contribution in [0.1, 0.15) is 44.9 Å². The summed E-state index contributed by atoms with van der Waals surface area (Å²) in [6.45, 7) is 0. The number of primary amides is 1. The molecule has 0 radical (unpaired) electrons. The van der Waals surface area contributed by atoms with Crippen molar-refractivity contribution >= 4 is 39.3 Å². The summed E-state index contributed by atoms with van der Waals surface area (Å²) in [5, 5.41) is 5.44. The normalized spacial score (nSPS) is 18.6. The van der Waals surface area contributed by atoms with Gasteiger partial charge in [-0.2, -0.15) is 0 Å². The maximum Gasteiger partial charge on any atom is 0.308 e. The molecule has 22 heavy (non-hydrogen) atoms. The first-order chi connectivity index (χ1) is 10.5. The molecule has 1 aliphatic rings. The van der Waals surface area contributed by atoms with Gasteiger partial charge in [0, 0.05) is 29.0 Å². The summed E-state index contributed by atoms with van der Waals surface area (Å²) in [5.74, 6) is -0.683. The standard InChI is InChI=1S/C13H21N3O4S2/c14-11(17)6-5-10(13(19)16-20)15-12(18)4-2-1-3-9-7-8-21-22-9/h9-10H,1-8H2,(H2,14,17)(H,15,18). The number of nitrogens with two attached hydrogens (primary N) is 1. The molecule has 0 saturated carbocycles. The Morgan fingerprint density at radius 2 is 2.05 bits per heavy atom. The number of unbranched alkanes of at least 4 members (excludes halogenated alkanes) is 1. The van der Waals surface area contributed by atoms with Crippen LogP contribution in [0.2, 0.25) is 0 Å². The van der Waals surface area contributed by atoms with Crippen LogP contribution in [-0.4, -0.2) is 34.8 Å². The largest absolute Gasteiger partial charge is 0.370 e. The Hall–Kier alpha value is -1.09. The Balaban J connectivity index is 2.24. The van der Waals surface area contributed by atoms with Gasteiger partial charge in [-0.1, -0.05) is 28.0 Å². The predicted molar refractivity (Wildman–Crippen MR) is 88.1 cm³/mol. The third kappa shape index (κ3) is 7.79. The van der Waals surface area contributed by atoms with Gasteiger partial charge in [0.1, 0.15) is 6.04 Å². The molecule has 0 aromatic rings. The Morgan fingerprint density at radius 3 is 2.64 bits per heavy atom. The van der Waals surface area contributed by atoms with Crippen LogP contribution in [-0.2, 0) is 14.4 Å². The smallest absolute Gasteiger partial charge is 0.308 e. The van der Waals surface area contributed by atoms with Gasteiger partial charge in [-0.3, -0.25) is 14.4 Å². The molecule has 1 aliphatic heterocycles. The minimum Gasteiger partial charge on any atom is -0.370 e. The van der Waals surface area contributed by atoms with Crippen LogP contribution in [0.4, 0.5) is 0 Å². The van der Waals surface area contributed by atoms with Gasteiger partial charge >= 0.3 is 5.91 Å². The third-order valence-corrected chi connectivity index (χ3v) is 6.32. The first kappa shape index (κ1) is 19.0. The van der Waals surface area contributed by atoms with E-state index in [2.05, 4.69) is 10.5 Å². The van der Waals surface area contributed by atoms with Gasteiger partial charge in [0.25, 0.3) is 0 Å². The number of nitrogens with zero attached hydrogens (tertiary/aromatic N) is 1. The summed E-state index contributed by atoms with van der Waals surface area (Å²) >= 11 is 0. The summed E-state index contributed by atoms with van der Waals surface area (Å²) < 4.78 is 0. The van der Waals surface area contributed by atoms with Gasteiger partial charge < -0.3 is 11.1 Å². The Bertz CT molecular complexity index is 414. The second kappa shape index (κ2) is 10.6. The lowest BCUT2D eigenvalue weighted by atomic mass is 10.1.